The Labute approximate surface area is 167 Å². The van der Waals surface area contributed by atoms with Crippen molar-refractivity contribution in [3.8, 4) is 5.75 Å². The Morgan fingerprint density at radius 2 is 2.17 bits per heavy atom. The van der Waals surface area contributed by atoms with Crippen LogP contribution in [0.15, 0.2) is 55.0 Å². The number of carbonyl (C=O) groups excluding carboxylic acids is 2. The van der Waals surface area contributed by atoms with Crippen LogP contribution in [-0.2, 0) is 6.42 Å². The first-order valence-electron chi connectivity index (χ1n) is 9.61. The molecular weight excluding hydrogens is 368 g/mol. The molecule has 4 heterocycles. The van der Waals surface area contributed by atoms with Crippen LogP contribution in [0, 0.1) is 0 Å². The Morgan fingerprint density at radius 3 is 3.00 bits per heavy atom. The Balaban J connectivity index is 1.47. The van der Waals surface area contributed by atoms with Gasteiger partial charge in [0.05, 0.1) is 17.9 Å². The zero-order chi connectivity index (χ0) is 20.0. The molecule has 2 amide bonds. The van der Waals surface area contributed by atoms with Gasteiger partial charge < -0.3 is 19.5 Å². The fraction of sp³-hybridized carbons (Fsp3) is 0.227. The molecule has 0 fully saturated rings. The van der Waals surface area contributed by atoms with Crippen molar-refractivity contribution in [2.24, 2.45) is 0 Å². The topological polar surface area (TPSA) is 76.5 Å². The zero-order valence-corrected chi connectivity index (χ0v) is 16.0. The minimum absolute atomic E-state index is 0.0799. The lowest BCUT2D eigenvalue weighted by Gasteiger charge is -2.33. The molecule has 7 heteroatoms. The number of amides is 2. The molecule has 1 atom stereocenters. The third-order valence-corrected chi connectivity index (χ3v) is 5.44. The predicted octanol–water partition coefficient (Wildman–Crippen LogP) is 3.29. The number of pyridine rings is 1. The first kappa shape index (κ1) is 17.5. The molecule has 29 heavy (non-hydrogen) atoms. The predicted molar refractivity (Wildman–Crippen MR) is 109 cm³/mol. The van der Waals surface area contributed by atoms with E-state index in [9.17, 15) is 9.59 Å². The van der Waals surface area contributed by atoms with Crippen LogP contribution in [-0.4, -0.2) is 34.5 Å². The van der Waals surface area contributed by atoms with E-state index in [0.717, 1.165) is 23.4 Å². The number of hydrogen-bond donors (Lipinski definition) is 1. The van der Waals surface area contributed by atoms with E-state index in [-0.39, 0.29) is 17.9 Å². The SMILES string of the molecule is C[C@H]1CN(c2ccc3c(c2)CCO3)C(=O)c2c(NC(=O)c3cccnc3)ccn21. The molecule has 5 rings (SSSR count). The standard InChI is InChI=1S/C22H20N4O3/c1-14-13-26(17-4-5-19-15(11-17)7-10-29-19)22(28)20-18(6-9-25(14)20)24-21(27)16-3-2-8-23-12-16/h2-6,8-9,11-12,14H,7,10,13H2,1H3,(H,24,27)/t14-/m0/s1. The van der Waals surface area contributed by atoms with Gasteiger partial charge in [-0.05, 0) is 48.9 Å². The van der Waals surface area contributed by atoms with Gasteiger partial charge in [0.1, 0.15) is 11.4 Å². The quantitative estimate of drug-likeness (QED) is 0.747. The van der Waals surface area contributed by atoms with Crippen molar-refractivity contribution in [3.05, 3.63) is 71.8 Å². The number of hydrogen-bond acceptors (Lipinski definition) is 4. The highest BCUT2D eigenvalue weighted by Crippen LogP contribution is 2.35. The number of anilines is 2. The third kappa shape index (κ3) is 2.95. The van der Waals surface area contributed by atoms with Gasteiger partial charge in [0.15, 0.2) is 0 Å². The first-order valence-corrected chi connectivity index (χ1v) is 9.61. The number of benzene rings is 1. The van der Waals surface area contributed by atoms with Crippen molar-refractivity contribution >= 4 is 23.2 Å². The van der Waals surface area contributed by atoms with Crippen LogP contribution in [0.2, 0.25) is 0 Å². The highest BCUT2D eigenvalue weighted by atomic mass is 16.5. The number of fused-ring (bicyclic) bond motifs is 2. The Bertz CT molecular complexity index is 1110. The fourth-order valence-corrected chi connectivity index (χ4v) is 3.96. The van der Waals surface area contributed by atoms with Gasteiger partial charge in [-0.25, -0.2) is 0 Å². The number of aromatic nitrogens is 2. The molecule has 0 spiro atoms. The number of nitrogens with zero attached hydrogens (tertiary/aromatic N) is 3. The van der Waals surface area contributed by atoms with E-state index in [1.54, 1.807) is 29.3 Å². The number of ether oxygens (including phenoxy) is 1. The molecule has 3 aromatic rings. The highest BCUT2D eigenvalue weighted by Gasteiger charge is 2.33. The van der Waals surface area contributed by atoms with Crippen molar-refractivity contribution < 1.29 is 14.3 Å². The molecule has 0 bridgehead atoms. The van der Waals surface area contributed by atoms with Crippen LogP contribution < -0.4 is 15.0 Å². The summed E-state index contributed by atoms with van der Waals surface area (Å²) in [6.07, 6.45) is 5.82. The van der Waals surface area contributed by atoms with E-state index in [1.165, 1.54) is 6.20 Å². The largest absolute Gasteiger partial charge is 0.493 e. The van der Waals surface area contributed by atoms with E-state index in [2.05, 4.69) is 17.2 Å². The highest BCUT2D eigenvalue weighted by molar-refractivity contribution is 6.13. The lowest BCUT2D eigenvalue weighted by Crippen LogP contribution is -2.42. The maximum atomic E-state index is 13.4. The number of rotatable bonds is 3. The summed E-state index contributed by atoms with van der Waals surface area (Å²) >= 11 is 0. The second-order valence-electron chi connectivity index (χ2n) is 7.34. The Kier molecular flexibility index (Phi) is 4.08. The lowest BCUT2D eigenvalue weighted by molar-refractivity contribution is 0.0958. The maximum absolute atomic E-state index is 13.4. The second-order valence-corrected chi connectivity index (χ2v) is 7.34. The summed E-state index contributed by atoms with van der Waals surface area (Å²) in [5.74, 6) is 0.465. The van der Waals surface area contributed by atoms with Gasteiger partial charge in [0.25, 0.3) is 11.8 Å². The van der Waals surface area contributed by atoms with Crippen molar-refractivity contribution in [2.45, 2.75) is 19.4 Å². The summed E-state index contributed by atoms with van der Waals surface area (Å²) in [4.78, 5) is 31.7. The molecule has 2 aliphatic heterocycles. The molecule has 1 N–H and O–H groups in total. The van der Waals surface area contributed by atoms with Gasteiger partial charge in [-0.2, -0.15) is 0 Å². The van der Waals surface area contributed by atoms with E-state index in [0.29, 0.717) is 30.1 Å². The molecule has 0 unspecified atom stereocenters. The Morgan fingerprint density at radius 1 is 1.28 bits per heavy atom. The smallest absolute Gasteiger partial charge is 0.277 e. The van der Waals surface area contributed by atoms with Crippen molar-refractivity contribution in [1.82, 2.24) is 9.55 Å². The lowest BCUT2D eigenvalue weighted by atomic mass is 10.1. The minimum atomic E-state index is -0.292. The molecular formula is C22H20N4O3. The summed E-state index contributed by atoms with van der Waals surface area (Å²) in [7, 11) is 0. The van der Waals surface area contributed by atoms with Crippen molar-refractivity contribution in [3.63, 3.8) is 0 Å². The van der Waals surface area contributed by atoms with Crippen molar-refractivity contribution in [1.29, 1.82) is 0 Å². The van der Waals surface area contributed by atoms with Gasteiger partial charge in [-0.15, -0.1) is 0 Å². The van der Waals surface area contributed by atoms with E-state index in [4.69, 9.17) is 4.74 Å². The minimum Gasteiger partial charge on any atom is -0.493 e. The monoisotopic (exact) mass is 388 g/mol. The van der Waals surface area contributed by atoms with E-state index >= 15 is 0 Å². The molecule has 0 saturated carbocycles. The zero-order valence-electron chi connectivity index (χ0n) is 16.0. The molecule has 0 radical (unpaired) electrons. The molecule has 2 aromatic heterocycles. The van der Waals surface area contributed by atoms with Gasteiger partial charge in [-0.3, -0.25) is 14.6 Å². The molecule has 7 nitrogen and oxygen atoms in total. The van der Waals surface area contributed by atoms with Crippen LogP contribution in [0.1, 0.15) is 39.4 Å². The summed E-state index contributed by atoms with van der Waals surface area (Å²) in [5.41, 5.74) is 3.40. The molecule has 2 aliphatic rings. The van der Waals surface area contributed by atoms with Crippen LogP contribution >= 0.6 is 0 Å². The van der Waals surface area contributed by atoms with Gasteiger partial charge in [0.2, 0.25) is 0 Å². The van der Waals surface area contributed by atoms with Crippen molar-refractivity contribution in [2.75, 3.05) is 23.4 Å². The maximum Gasteiger partial charge on any atom is 0.277 e. The molecule has 0 aliphatic carbocycles. The first-order chi connectivity index (χ1) is 14.1. The van der Waals surface area contributed by atoms with E-state index < -0.39 is 0 Å². The van der Waals surface area contributed by atoms with Gasteiger partial charge in [-0.1, -0.05) is 0 Å². The van der Waals surface area contributed by atoms with Gasteiger partial charge in [0, 0.05) is 43.3 Å². The summed E-state index contributed by atoms with van der Waals surface area (Å²) in [5, 5.41) is 2.86. The van der Waals surface area contributed by atoms with Crippen LogP contribution in [0.25, 0.3) is 0 Å². The average molecular weight is 388 g/mol. The number of nitrogens with one attached hydrogen (secondary N) is 1. The molecule has 1 aromatic carbocycles. The van der Waals surface area contributed by atoms with Crippen LogP contribution in [0.5, 0.6) is 5.75 Å². The average Bonchev–Trinajstić information content (AvgIpc) is 3.38. The third-order valence-electron chi connectivity index (χ3n) is 5.44. The van der Waals surface area contributed by atoms with E-state index in [1.807, 2.05) is 29.0 Å². The summed E-state index contributed by atoms with van der Waals surface area (Å²) < 4.78 is 7.50. The summed E-state index contributed by atoms with van der Waals surface area (Å²) in [6, 6.07) is 11.1. The number of carbonyl (C=O) groups is 2. The molecule has 146 valence electrons. The van der Waals surface area contributed by atoms with Gasteiger partial charge >= 0.3 is 0 Å². The summed E-state index contributed by atoms with van der Waals surface area (Å²) in [6.45, 7) is 3.30. The Hall–Kier alpha value is -3.61. The molecule has 0 saturated heterocycles. The van der Waals surface area contributed by atoms with Crippen LogP contribution in [0.4, 0.5) is 11.4 Å². The second kappa shape index (κ2) is 6.77. The normalized spacial score (nSPS) is 17.5. The fourth-order valence-electron chi connectivity index (χ4n) is 3.96. The van der Waals surface area contributed by atoms with Crippen LogP contribution in [0.3, 0.4) is 0 Å².